The van der Waals surface area contributed by atoms with E-state index in [2.05, 4.69) is 29.9 Å². The van der Waals surface area contributed by atoms with Gasteiger partial charge in [0, 0.05) is 42.6 Å². The van der Waals surface area contributed by atoms with E-state index in [1.54, 1.807) is 0 Å². The first kappa shape index (κ1) is 27.0. The van der Waals surface area contributed by atoms with Crippen molar-refractivity contribution < 1.29 is 31.2 Å². The first-order chi connectivity index (χ1) is 18.2. The second kappa shape index (κ2) is 12.0. The maximum Gasteiger partial charge on any atom is 0.698 e. The van der Waals surface area contributed by atoms with Crippen molar-refractivity contribution >= 4 is 42.2 Å². The molecule has 0 aromatic carbocycles. The minimum Gasteiger partial charge on any atom is -0.382 e. The minimum atomic E-state index is -3.08. The molecule has 0 fully saturated rings. The van der Waals surface area contributed by atoms with Crippen LogP contribution in [-0.2, 0) is 26.7 Å². The number of nitrogens with zero attached hydrogens (tertiary/aromatic N) is 8. The summed E-state index contributed by atoms with van der Waals surface area (Å²) in [4.78, 5) is 23.9. The second-order valence-electron chi connectivity index (χ2n) is 7.74. The summed E-state index contributed by atoms with van der Waals surface area (Å²) in [5.41, 5.74) is 12.9. The van der Waals surface area contributed by atoms with Crippen molar-refractivity contribution in [2.24, 2.45) is 0 Å². The van der Waals surface area contributed by atoms with Crippen molar-refractivity contribution in [1.29, 1.82) is 0 Å². The third kappa shape index (κ3) is 6.62. The van der Waals surface area contributed by atoms with Gasteiger partial charge in [-0.2, -0.15) is 17.6 Å². The molecule has 0 spiro atoms. The zero-order chi connectivity index (χ0) is 27.2. The van der Waals surface area contributed by atoms with Crippen LogP contribution in [0.1, 0.15) is 12.8 Å². The van der Waals surface area contributed by atoms with Crippen LogP contribution in [0.2, 0.25) is 0 Å². The Morgan fingerprint density at radius 3 is 1.61 bits per heavy atom. The molecule has 4 aromatic rings. The highest BCUT2D eigenvalue weighted by Gasteiger charge is 2.31. The highest BCUT2D eigenvalue weighted by Crippen LogP contribution is 2.32. The Morgan fingerprint density at radius 1 is 0.789 bits per heavy atom. The Kier molecular flexibility index (Phi) is 8.50. The average Bonchev–Trinajstić information content (AvgIpc) is 3.46. The summed E-state index contributed by atoms with van der Waals surface area (Å²) < 4.78 is 77.9. The maximum absolute atomic E-state index is 13.0. The first-order valence-electron chi connectivity index (χ1n) is 10.9. The molecule has 4 N–H and O–H groups in total. The Labute approximate surface area is 212 Å². The minimum absolute atomic E-state index is 0.0751. The van der Waals surface area contributed by atoms with Gasteiger partial charge in [-0.15, -0.1) is 9.05 Å². The first-order valence-corrected chi connectivity index (χ1v) is 12.0. The summed E-state index contributed by atoms with van der Waals surface area (Å²) in [7, 11) is -3.08. The summed E-state index contributed by atoms with van der Waals surface area (Å²) in [6.07, 6.45) is -1.00. The molecular weight excluding hydrogens is 535 g/mol. The lowest BCUT2D eigenvalue weighted by Crippen LogP contribution is -2.14. The topological polar surface area (TPSA) is 175 Å². The average molecular weight is 555 g/mol. The molecule has 0 radical (unpaired) electrons. The fourth-order valence-electron chi connectivity index (χ4n) is 3.52. The predicted molar refractivity (Wildman–Crippen MR) is 127 cm³/mol. The number of nitrogen functional groups attached to an aromatic ring is 2. The van der Waals surface area contributed by atoms with Crippen molar-refractivity contribution in [3.8, 4) is 0 Å². The van der Waals surface area contributed by atoms with Crippen molar-refractivity contribution in [2.75, 3.05) is 11.5 Å². The lowest BCUT2D eigenvalue weighted by Gasteiger charge is -2.10. The highest BCUT2D eigenvalue weighted by atomic mass is 31.1. The van der Waals surface area contributed by atoms with Crippen LogP contribution in [0.4, 0.5) is 29.2 Å². The fourth-order valence-corrected chi connectivity index (χ4v) is 4.34. The van der Waals surface area contributed by atoms with E-state index in [0.717, 1.165) is 0 Å². The van der Waals surface area contributed by atoms with E-state index >= 15 is 0 Å². The molecule has 4 aromatic heterocycles. The van der Waals surface area contributed by atoms with Gasteiger partial charge in [-0.3, -0.25) is 0 Å². The summed E-state index contributed by atoms with van der Waals surface area (Å²) in [6, 6.07) is 0. The summed E-state index contributed by atoms with van der Waals surface area (Å²) >= 11 is 0. The molecule has 18 heteroatoms. The van der Waals surface area contributed by atoms with Crippen LogP contribution in [-0.4, -0.2) is 51.2 Å². The third-order valence-electron chi connectivity index (χ3n) is 5.23. The van der Waals surface area contributed by atoms with Gasteiger partial charge in [-0.1, -0.05) is 0 Å². The van der Waals surface area contributed by atoms with E-state index in [4.69, 9.17) is 20.5 Å². The van der Waals surface area contributed by atoms with E-state index < -0.39 is 32.6 Å². The normalized spacial score (nSPS) is 13.4. The third-order valence-corrected chi connectivity index (χ3v) is 6.12. The van der Waals surface area contributed by atoms with Gasteiger partial charge in [-0.05, 0) is 0 Å². The Bertz CT molecular complexity index is 1390. The zero-order valence-corrected chi connectivity index (χ0v) is 20.3. The predicted octanol–water partition coefficient (Wildman–Crippen LogP) is 3.60. The molecule has 2 unspecified atom stereocenters. The number of fused-ring (bicyclic) bond motifs is 2. The number of hydrogen-bond donors (Lipinski definition) is 2. The van der Waals surface area contributed by atoms with Gasteiger partial charge in [0.05, 0.1) is 12.7 Å². The van der Waals surface area contributed by atoms with Crippen LogP contribution in [0.25, 0.3) is 22.3 Å². The largest absolute Gasteiger partial charge is 0.698 e. The summed E-state index contributed by atoms with van der Waals surface area (Å²) in [6.45, 7) is 0.150. The number of halogens is 4. The van der Waals surface area contributed by atoms with Crippen LogP contribution in [0, 0.1) is 0 Å². The lowest BCUT2D eigenvalue weighted by molar-refractivity contribution is 0.150. The van der Waals surface area contributed by atoms with Crippen LogP contribution < -0.4 is 11.5 Å². The van der Waals surface area contributed by atoms with Gasteiger partial charge in [-0.25, -0.2) is 29.9 Å². The highest BCUT2D eigenvalue weighted by molar-refractivity contribution is 7.33. The molecule has 2 atom stereocenters. The van der Waals surface area contributed by atoms with Crippen LogP contribution in [0.5, 0.6) is 0 Å². The van der Waals surface area contributed by atoms with Crippen molar-refractivity contribution in [3.63, 3.8) is 0 Å². The van der Waals surface area contributed by atoms with Crippen LogP contribution in [0.3, 0.4) is 0 Å². The van der Waals surface area contributed by atoms with Gasteiger partial charge >= 0.3 is 8.25 Å². The molecule has 0 saturated carbocycles. The molecule has 13 nitrogen and oxygen atoms in total. The SMILES string of the molecule is Nc1ncnc2c1ncn2CCC(C=C(F)F)O[P+](=O)OC(C=C(F)F)CCn1cnc2c(N)ncnc21. The Hall–Kier alpha value is -4.08. The van der Waals surface area contributed by atoms with Gasteiger partial charge in [0.15, 0.2) is 22.9 Å². The number of hydrogen-bond acceptors (Lipinski definition) is 11. The van der Waals surface area contributed by atoms with Crippen molar-refractivity contribution in [2.45, 2.75) is 38.1 Å². The molecule has 0 aliphatic rings. The van der Waals surface area contributed by atoms with Crippen molar-refractivity contribution in [1.82, 2.24) is 39.0 Å². The van der Waals surface area contributed by atoms with E-state index in [0.29, 0.717) is 34.5 Å². The molecule has 0 saturated heterocycles. The van der Waals surface area contributed by atoms with E-state index in [1.165, 1.54) is 34.4 Å². The van der Waals surface area contributed by atoms with Crippen LogP contribution >= 0.6 is 8.25 Å². The standard InChI is InChI=1S/C20H20F4N10O3P/c21-13(22)5-11(1-3-33-9-31-15-17(25)27-7-29-19(15)33)36-38(35)37-12(6-14(23)24)2-4-34-10-32-16-18(26)28-8-30-20(16)34/h5-12H,1-4H2,(H2,25,27,29)(H2,26,28,30)/q+1. The number of aryl methyl sites for hydroxylation is 2. The molecule has 4 heterocycles. The van der Waals surface area contributed by atoms with Crippen LogP contribution in [0.15, 0.2) is 49.6 Å². The molecule has 0 aliphatic heterocycles. The second-order valence-corrected chi connectivity index (χ2v) is 8.61. The molecule has 0 amide bonds. The maximum atomic E-state index is 13.0. The van der Waals surface area contributed by atoms with E-state index in [9.17, 15) is 22.1 Å². The molecule has 4 rings (SSSR count). The fraction of sp³-hybridized carbons (Fsp3) is 0.300. The number of imidazole rings is 2. The number of anilines is 2. The van der Waals surface area contributed by atoms with Gasteiger partial charge < -0.3 is 20.6 Å². The monoisotopic (exact) mass is 555 g/mol. The number of rotatable bonds is 12. The number of nitrogens with two attached hydrogens (primary N) is 2. The van der Waals surface area contributed by atoms with Gasteiger partial charge in [0.2, 0.25) is 0 Å². The Morgan fingerprint density at radius 2 is 1.21 bits per heavy atom. The molecule has 38 heavy (non-hydrogen) atoms. The number of aromatic nitrogens is 8. The van der Waals surface area contributed by atoms with Gasteiger partial charge in [0.1, 0.15) is 35.9 Å². The summed E-state index contributed by atoms with van der Waals surface area (Å²) in [5.74, 6) is 0.290. The van der Waals surface area contributed by atoms with E-state index in [1.807, 2.05) is 0 Å². The van der Waals surface area contributed by atoms with Crippen molar-refractivity contribution in [3.05, 3.63) is 49.6 Å². The zero-order valence-electron chi connectivity index (χ0n) is 19.4. The quantitative estimate of drug-likeness (QED) is 0.193. The molecular formula is C20H20F4N10O3P+. The molecule has 0 bridgehead atoms. The molecule has 0 aliphatic carbocycles. The smallest absolute Gasteiger partial charge is 0.382 e. The summed E-state index contributed by atoms with van der Waals surface area (Å²) in [5, 5.41) is 0. The lowest BCUT2D eigenvalue weighted by atomic mass is 10.2. The van der Waals surface area contributed by atoms with Gasteiger partial charge in [0.25, 0.3) is 12.2 Å². The Balaban J connectivity index is 1.40. The van der Waals surface area contributed by atoms with E-state index in [-0.39, 0.29) is 37.6 Å². The molecule has 200 valence electrons.